The van der Waals surface area contributed by atoms with E-state index in [1.54, 1.807) is 23.6 Å². The first kappa shape index (κ1) is 21.8. The van der Waals surface area contributed by atoms with E-state index in [-0.39, 0.29) is 16.9 Å². The quantitative estimate of drug-likeness (QED) is 0.446. The number of nitrogens with one attached hydrogen (secondary N) is 1. The summed E-state index contributed by atoms with van der Waals surface area (Å²) in [7, 11) is 2.94. The molecule has 1 aromatic heterocycles. The number of aromatic nitrogens is 1. The summed E-state index contributed by atoms with van der Waals surface area (Å²) in [5.41, 5.74) is -2.08. The van der Waals surface area contributed by atoms with Gasteiger partial charge in [0, 0.05) is 16.6 Å². The largest absolute Gasteiger partial charge is 0.493 e. The van der Waals surface area contributed by atoms with Crippen molar-refractivity contribution in [3.8, 4) is 22.8 Å². The lowest BCUT2D eigenvalue weighted by atomic mass is 10.1. The molecule has 4 nitrogen and oxygen atoms in total. The zero-order valence-electron chi connectivity index (χ0n) is 15.5. The van der Waals surface area contributed by atoms with Crippen LogP contribution in [0.4, 0.5) is 37.2 Å². The van der Waals surface area contributed by atoms with Crippen LogP contribution in [0.15, 0.2) is 41.8 Å². The standard InChI is InChI=1S/C19H14F6N2O2S/c1-28-15-4-3-10(5-16(15)29-2)14-9-30-17(27-14)26-13-7-11(18(20,21)22)6-12(8-13)19(23,24)25/h3-9H,1-2H3,(H,26,27). The Morgan fingerprint density at radius 2 is 1.43 bits per heavy atom. The molecule has 0 aliphatic rings. The van der Waals surface area contributed by atoms with Crippen LogP contribution in [0.3, 0.4) is 0 Å². The topological polar surface area (TPSA) is 43.4 Å². The van der Waals surface area contributed by atoms with Crippen LogP contribution < -0.4 is 14.8 Å². The predicted octanol–water partition coefficient (Wildman–Crippen LogP) is 6.61. The van der Waals surface area contributed by atoms with E-state index in [0.717, 1.165) is 11.3 Å². The minimum Gasteiger partial charge on any atom is -0.493 e. The molecule has 0 fully saturated rings. The highest BCUT2D eigenvalue weighted by Gasteiger charge is 2.37. The monoisotopic (exact) mass is 448 g/mol. The summed E-state index contributed by atoms with van der Waals surface area (Å²) >= 11 is 1.03. The molecule has 1 N–H and O–H groups in total. The van der Waals surface area contributed by atoms with Crippen LogP contribution in [-0.2, 0) is 12.4 Å². The lowest BCUT2D eigenvalue weighted by molar-refractivity contribution is -0.143. The summed E-state index contributed by atoms with van der Waals surface area (Å²) in [5, 5.41) is 4.27. The van der Waals surface area contributed by atoms with Gasteiger partial charge in [0.1, 0.15) is 0 Å². The number of hydrogen-bond acceptors (Lipinski definition) is 5. The maximum Gasteiger partial charge on any atom is 0.416 e. The number of methoxy groups -OCH3 is 2. The van der Waals surface area contributed by atoms with Gasteiger partial charge in [-0.05, 0) is 36.4 Å². The van der Waals surface area contributed by atoms with Gasteiger partial charge in [0.2, 0.25) is 0 Å². The van der Waals surface area contributed by atoms with E-state index in [4.69, 9.17) is 9.47 Å². The first-order valence-corrected chi connectivity index (χ1v) is 9.13. The van der Waals surface area contributed by atoms with Gasteiger partial charge in [-0.1, -0.05) is 0 Å². The summed E-state index contributed by atoms with van der Waals surface area (Å²) in [6, 6.07) is 6.29. The van der Waals surface area contributed by atoms with Crippen molar-refractivity contribution < 1.29 is 35.8 Å². The van der Waals surface area contributed by atoms with E-state index in [1.807, 2.05) is 0 Å². The molecule has 0 radical (unpaired) electrons. The molecule has 0 aliphatic heterocycles. The second-order valence-corrected chi connectivity index (χ2v) is 6.89. The van der Waals surface area contributed by atoms with Gasteiger partial charge in [-0.15, -0.1) is 11.3 Å². The number of thiazole rings is 1. The SMILES string of the molecule is COc1ccc(-c2csc(Nc3cc(C(F)(F)F)cc(C(F)(F)F)c3)n2)cc1OC. The van der Waals surface area contributed by atoms with Crippen LogP contribution in [0.2, 0.25) is 0 Å². The number of benzene rings is 2. The molecule has 0 saturated carbocycles. The van der Waals surface area contributed by atoms with Gasteiger partial charge in [-0.2, -0.15) is 26.3 Å². The zero-order chi connectivity index (χ0) is 22.1. The Morgan fingerprint density at radius 1 is 0.833 bits per heavy atom. The minimum absolute atomic E-state index is 0.0715. The van der Waals surface area contributed by atoms with Crippen molar-refractivity contribution in [3.05, 3.63) is 52.9 Å². The second kappa shape index (κ2) is 8.05. The van der Waals surface area contributed by atoms with Crippen molar-refractivity contribution in [1.29, 1.82) is 0 Å². The average Bonchev–Trinajstić information content (AvgIpc) is 3.14. The third-order valence-corrected chi connectivity index (χ3v) is 4.78. The maximum absolute atomic E-state index is 13.0. The van der Waals surface area contributed by atoms with Gasteiger partial charge in [0.25, 0.3) is 0 Å². The minimum atomic E-state index is -4.93. The highest BCUT2D eigenvalue weighted by atomic mass is 32.1. The van der Waals surface area contributed by atoms with Crippen LogP contribution in [0, 0.1) is 0 Å². The smallest absolute Gasteiger partial charge is 0.416 e. The third-order valence-electron chi connectivity index (χ3n) is 4.02. The number of ether oxygens (including phenoxy) is 2. The van der Waals surface area contributed by atoms with Crippen LogP contribution in [-0.4, -0.2) is 19.2 Å². The van der Waals surface area contributed by atoms with Gasteiger partial charge in [0.15, 0.2) is 16.6 Å². The summed E-state index contributed by atoms with van der Waals surface area (Å²) < 4.78 is 88.4. The molecular formula is C19H14F6N2O2S. The normalized spacial score (nSPS) is 12.0. The average molecular weight is 448 g/mol. The van der Waals surface area contributed by atoms with Gasteiger partial charge in [-0.25, -0.2) is 4.98 Å². The Bertz CT molecular complexity index is 1010. The molecule has 2 aromatic carbocycles. The van der Waals surface area contributed by atoms with E-state index in [0.29, 0.717) is 34.9 Å². The maximum atomic E-state index is 13.0. The molecule has 11 heteroatoms. The van der Waals surface area contributed by atoms with E-state index in [9.17, 15) is 26.3 Å². The van der Waals surface area contributed by atoms with Crippen LogP contribution in [0.25, 0.3) is 11.3 Å². The number of nitrogens with zero attached hydrogens (tertiary/aromatic N) is 1. The van der Waals surface area contributed by atoms with Crippen LogP contribution in [0.1, 0.15) is 11.1 Å². The fourth-order valence-corrected chi connectivity index (χ4v) is 3.35. The summed E-state index contributed by atoms with van der Waals surface area (Å²) in [6.07, 6.45) is -9.85. The van der Waals surface area contributed by atoms with Crippen molar-refractivity contribution in [1.82, 2.24) is 4.98 Å². The Balaban J connectivity index is 1.92. The summed E-state index contributed by atoms with van der Waals surface area (Å²) in [5.74, 6) is 0.948. The van der Waals surface area contributed by atoms with Gasteiger partial charge >= 0.3 is 12.4 Å². The molecule has 0 saturated heterocycles. The number of anilines is 2. The van der Waals surface area contributed by atoms with Crippen molar-refractivity contribution in [3.63, 3.8) is 0 Å². The summed E-state index contributed by atoms with van der Waals surface area (Å²) in [4.78, 5) is 4.24. The molecule has 3 rings (SSSR count). The highest BCUT2D eigenvalue weighted by molar-refractivity contribution is 7.14. The number of halogens is 6. The highest BCUT2D eigenvalue weighted by Crippen LogP contribution is 2.39. The molecule has 0 bridgehead atoms. The fraction of sp³-hybridized carbons (Fsp3) is 0.211. The third kappa shape index (κ3) is 4.78. The molecule has 0 unspecified atom stereocenters. The Morgan fingerprint density at radius 3 is 1.97 bits per heavy atom. The molecule has 1 heterocycles. The van der Waals surface area contributed by atoms with Crippen LogP contribution in [0.5, 0.6) is 11.5 Å². The molecule has 3 aromatic rings. The zero-order valence-corrected chi connectivity index (χ0v) is 16.3. The van der Waals surface area contributed by atoms with Crippen LogP contribution >= 0.6 is 11.3 Å². The Hall–Kier alpha value is -2.95. The number of rotatable bonds is 5. The lowest BCUT2D eigenvalue weighted by Crippen LogP contribution is -2.11. The van der Waals surface area contributed by atoms with E-state index >= 15 is 0 Å². The first-order valence-electron chi connectivity index (χ1n) is 8.25. The second-order valence-electron chi connectivity index (χ2n) is 6.03. The van der Waals surface area contributed by atoms with Crippen molar-refractivity contribution in [2.45, 2.75) is 12.4 Å². The first-order chi connectivity index (χ1) is 14.0. The van der Waals surface area contributed by atoms with E-state index < -0.39 is 23.5 Å². The number of alkyl halides is 6. The lowest BCUT2D eigenvalue weighted by Gasteiger charge is -2.14. The predicted molar refractivity (Wildman–Crippen MR) is 100 cm³/mol. The van der Waals surface area contributed by atoms with Gasteiger partial charge in [0.05, 0.1) is 31.0 Å². The molecule has 0 atom stereocenters. The van der Waals surface area contributed by atoms with Crippen molar-refractivity contribution in [2.75, 3.05) is 19.5 Å². The molecule has 30 heavy (non-hydrogen) atoms. The Kier molecular flexibility index (Phi) is 5.84. The van der Waals surface area contributed by atoms with E-state index in [1.165, 1.54) is 14.2 Å². The number of hydrogen-bond donors (Lipinski definition) is 1. The van der Waals surface area contributed by atoms with E-state index in [2.05, 4.69) is 10.3 Å². The molecule has 0 amide bonds. The Labute approximate surface area is 171 Å². The molecule has 0 spiro atoms. The fourth-order valence-electron chi connectivity index (χ4n) is 2.61. The van der Waals surface area contributed by atoms with Crippen molar-refractivity contribution >= 4 is 22.2 Å². The molecule has 160 valence electrons. The summed E-state index contributed by atoms with van der Waals surface area (Å²) in [6.45, 7) is 0. The van der Waals surface area contributed by atoms with Crippen molar-refractivity contribution in [2.24, 2.45) is 0 Å². The molecular weight excluding hydrogens is 434 g/mol. The molecule has 0 aliphatic carbocycles. The van der Waals surface area contributed by atoms with Gasteiger partial charge in [-0.3, -0.25) is 0 Å². The van der Waals surface area contributed by atoms with Gasteiger partial charge < -0.3 is 14.8 Å².